The summed E-state index contributed by atoms with van der Waals surface area (Å²) in [6.45, 7) is 0.939. The molecule has 0 aliphatic heterocycles. The van der Waals surface area contributed by atoms with E-state index in [1.807, 2.05) is 22.9 Å². The number of nitrogens with one attached hydrogen (secondary N) is 1. The third kappa shape index (κ3) is 3.04. The van der Waals surface area contributed by atoms with E-state index in [0.717, 1.165) is 10.9 Å². The molecule has 7 nitrogen and oxygen atoms in total. The van der Waals surface area contributed by atoms with Crippen LogP contribution in [0.25, 0.3) is 16.6 Å². The average Bonchev–Trinajstić information content (AvgIpc) is 3.32. The molecule has 0 saturated heterocycles. The maximum atomic E-state index is 13.4. The molecule has 0 fully saturated rings. The summed E-state index contributed by atoms with van der Waals surface area (Å²) in [5.74, 6) is -0.504. The summed E-state index contributed by atoms with van der Waals surface area (Å²) in [5.41, 5.74) is 1.88. The standard InChI is InChI=1S/C18H15FN6O/c19-14-6-5-13-7-9-24(17(13)11-14)10-8-20-18(26)15-3-1-2-4-16(15)25-12-21-22-23-25/h1-7,9,11-12H,8,10H2,(H,20,26). The molecule has 4 aromatic rings. The summed E-state index contributed by atoms with van der Waals surface area (Å²) in [6, 6.07) is 13.7. The Morgan fingerprint density at radius 2 is 2.04 bits per heavy atom. The van der Waals surface area contributed by atoms with Crippen LogP contribution in [0.2, 0.25) is 0 Å². The van der Waals surface area contributed by atoms with Crippen LogP contribution in [-0.2, 0) is 6.54 Å². The molecule has 2 aromatic carbocycles. The van der Waals surface area contributed by atoms with Gasteiger partial charge in [0.1, 0.15) is 12.1 Å². The Hall–Kier alpha value is -3.55. The molecule has 0 aliphatic carbocycles. The monoisotopic (exact) mass is 350 g/mol. The first-order valence-electron chi connectivity index (χ1n) is 8.07. The average molecular weight is 350 g/mol. The Balaban J connectivity index is 1.47. The van der Waals surface area contributed by atoms with Crippen LogP contribution >= 0.6 is 0 Å². The molecule has 2 aromatic heterocycles. The van der Waals surface area contributed by atoms with Gasteiger partial charge >= 0.3 is 0 Å². The highest BCUT2D eigenvalue weighted by atomic mass is 19.1. The summed E-state index contributed by atoms with van der Waals surface area (Å²) in [6.07, 6.45) is 3.32. The van der Waals surface area contributed by atoms with E-state index in [0.29, 0.717) is 24.3 Å². The number of carbonyl (C=O) groups is 1. The molecule has 0 spiro atoms. The van der Waals surface area contributed by atoms with Gasteiger partial charge in [-0.25, -0.2) is 4.39 Å². The smallest absolute Gasteiger partial charge is 0.253 e. The van der Waals surface area contributed by atoms with Gasteiger partial charge in [-0.2, -0.15) is 4.68 Å². The van der Waals surface area contributed by atoms with Gasteiger partial charge in [-0.3, -0.25) is 4.79 Å². The van der Waals surface area contributed by atoms with E-state index < -0.39 is 0 Å². The molecule has 2 heterocycles. The van der Waals surface area contributed by atoms with Gasteiger partial charge in [-0.15, -0.1) is 5.10 Å². The number of halogens is 1. The second-order valence-corrected chi connectivity index (χ2v) is 5.74. The lowest BCUT2D eigenvalue weighted by atomic mass is 10.1. The number of aromatic nitrogens is 5. The molecular weight excluding hydrogens is 335 g/mol. The largest absolute Gasteiger partial charge is 0.350 e. The van der Waals surface area contributed by atoms with Crippen molar-refractivity contribution in [3.05, 3.63) is 72.4 Å². The zero-order valence-corrected chi connectivity index (χ0v) is 13.7. The molecule has 0 saturated carbocycles. The molecule has 0 bridgehead atoms. The van der Waals surface area contributed by atoms with E-state index in [2.05, 4.69) is 20.8 Å². The molecule has 1 amide bonds. The topological polar surface area (TPSA) is 77.6 Å². The Morgan fingerprint density at radius 3 is 2.88 bits per heavy atom. The first-order valence-corrected chi connectivity index (χ1v) is 8.07. The van der Waals surface area contributed by atoms with E-state index >= 15 is 0 Å². The Morgan fingerprint density at radius 1 is 1.15 bits per heavy atom. The van der Waals surface area contributed by atoms with Crippen LogP contribution in [0, 0.1) is 5.82 Å². The molecule has 0 unspecified atom stereocenters. The maximum Gasteiger partial charge on any atom is 0.253 e. The minimum Gasteiger partial charge on any atom is -0.350 e. The van der Waals surface area contributed by atoms with Crippen LogP contribution in [-0.4, -0.2) is 37.2 Å². The third-order valence-electron chi connectivity index (χ3n) is 4.12. The quantitative estimate of drug-likeness (QED) is 0.598. The summed E-state index contributed by atoms with van der Waals surface area (Å²) >= 11 is 0. The summed E-state index contributed by atoms with van der Waals surface area (Å²) in [4.78, 5) is 12.5. The predicted octanol–water partition coefficient (Wildman–Crippen LogP) is 2.19. The minimum absolute atomic E-state index is 0.223. The van der Waals surface area contributed by atoms with Gasteiger partial charge in [0.2, 0.25) is 0 Å². The zero-order chi connectivity index (χ0) is 17.9. The van der Waals surface area contributed by atoms with Gasteiger partial charge in [0, 0.05) is 19.3 Å². The van der Waals surface area contributed by atoms with Gasteiger partial charge in [0.05, 0.1) is 16.8 Å². The number of nitrogens with zero attached hydrogens (tertiary/aromatic N) is 5. The number of para-hydroxylation sites is 1. The molecule has 0 aliphatic rings. The van der Waals surface area contributed by atoms with Crippen molar-refractivity contribution in [1.29, 1.82) is 0 Å². The van der Waals surface area contributed by atoms with Crippen molar-refractivity contribution in [3.8, 4) is 5.69 Å². The van der Waals surface area contributed by atoms with Crippen molar-refractivity contribution in [1.82, 2.24) is 30.1 Å². The van der Waals surface area contributed by atoms with Crippen molar-refractivity contribution < 1.29 is 9.18 Å². The van der Waals surface area contributed by atoms with Crippen molar-refractivity contribution in [2.24, 2.45) is 0 Å². The van der Waals surface area contributed by atoms with E-state index in [-0.39, 0.29) is 11.7 Å². The van der Waals surface area contributed by atoms with Crippen molar-refractivity contribution in [2.45, 2.75) is 6.54 Å². The molecule has 26 heavy (non-hydrogen) atoms. The highest BCUT2D eigenvalue weighted by Gasteiger charge is 2.13. The van der Waals surface area contributed by atoms with Crippen LogP contribution in [0.15, 0.2) is 61.1 Å². The SMILES string of the molecule is O=C(NCCn1ccc2ccc(F)cc21)c1ccccc1-n1cnnn1. The van der Waals surface area contributed by atoms with Crippen molar-refractivity contribution in [3.63, 3.8) is 0 Å². The minimum atomic E-state index is -0.281. The Labute approximate surface area is 148 Å². The fraction of sp³-hybridized carbons (Fsp3) is 0.111. The molecule has 1 N–H and O–H groups in total. The van der Waals surface area contributed by atoms with Gasteiger partial charge in [0.25, 0.3) is 5.91 Å². The second kappa shape index (κ2) is 6.75. The highest BCUT2D eigenvalue weighted by Crippen LogP contribution is 2.17. The van der Waals surface area contributed by atoms with E-state index in [1.54, 1.807) is 24.3 Å². The highest BCUT2D eigenvalue weighted by molar-refractivity contribution is 5.97. The molecule has 130 valence electrons. The Kier molecular flexibility index (Phi) is 4.14. The number of benzene rings is 2. The summed E-state index contributed by atoms with van der Waals surface area (Å²) in [5, 5.41) is 14.9. The lowest BCUT2D eigenvalue weighted by molar-refractivity contribution is 0.0952. The van der Waals surface area contributed by atoms with Gasteiger partial charge in [0.15, 0.2) is 0 Å². The zero-order valence-electron chi connectivity index (χ0n) is 13.7. The van der Waals surface area contributed by atoms with Gasteiger partial charge < -0.3 is 9.88 Å². The number of amides is 1. The Bertz CT molecular complexity index is 1060. The number of fused-ring (bicyclic) bond motifs is 1. The second-order valence-electron chi connectivity index (χ2n) is 5.74. The van der Waals surface area contributed by atoms with Crippen LogP contribution in [0.1, 0.15) is 10.4 Å². The normalized spacial score (nSPS) is 11.0. The van der Waals surface area contributed by atoms with Gasteiger partial charge in [-0.05, 0) is 52.2 Å². The van der Waals surface area contributed by atoms with E-state index in [4.69, 9.17) is 0 Å². The first kappa shape index (κ1) is 15.9. The van der Waals surface area contributed by atoms with Crippen LogP contribution in [0.4, 0.5) is 4.39 Å². The number of rotatable bonds is 5. The van der Waals surface area contributed by atoms with Crippen LogP contribution < -0.4 is 5.32 Å². The van der Waals surface area contributed by atoms with Crippen LogP contribution in [0.5, 0.6) is 0 Å². The summed E-state index contributed by atoms with van der Waals surface area (Å²) in [7, 11) is 0. The number of tetrazole rings is 1. The maximum absolute atomic E-state index is 13.4. The summed E-state index contributed by atoms with van der Waals surface area (Å²) < 4.78 is 16.8. The molecule has 4 rings (SSSR count). The molecule has 0 radical (unpaired) electrons. The fourth-order valence-electron chi connectivity index (χ4n) is 2.87. The van der Waals surface area contributed by atoms with E-state index in [1.165, 1.54) is 23.1 Å². The van der Waals surface area contributed by atoms with Crippen molar-refractivity contribution >= 4 is 16.8 Å². The lowest BCUT2D eigenvalue weighted by Gasteiger charge is -2.10. The third-order valence-corrected chi connectivity index (χ3v) is 4.12. The molecule has 8 heteroatoms. The number of hydrogen-bond acceptors (Lipinski definition) is 4. The van der Waals surface area contributed by atoms with Crippen LogP contribution in [0.3, 0.4) is 0 Å². The van der Waals surface area contributed by atoms with Crippen molar-refractivity contribution in [2.75, 3.05) is 6.54 Å². The van der Waals surface area contributed by atoms with E-state index in [9.17, 15) is 9.18 Å². The lowest BCUT2D eigenvalue weighted by Crippen LogP contribution is -2.28. The molecule has 0 atom stereocenters. The number of carbonyl (C=O) groups excluding carboxylic acids is 1. The predicted molar refractivity (Wildman–Crippen MR) is 93.4 cm³/mol. The first-order chi connectivity index (χ1) is 12.7. The fourth-order valence-corrected chi connectivity index (χ4v) is 2.87. The number of hydrogen-bond donors (Lipinski definition) is 1. The van der Waals surface area contributed by atoms with Gasteiger partial charge in [-0.1, -0.05) is 12.1 Å². The molecular formula is C18H15FN6O.